The molecule has 5 nitrogen and oxygen atoms in total. The van der Waals surface area contributed by atoms with Crippen LogP contribution in [0.2, 0.25) is 0 Å². The molecule has 96 valence electrons. The first-order chi connectivity index (χ1) is 9.13. The van der Waals surface area contributed by atoms with E-state index in [0.717, 1.165) is 10.5 Å². The number of rotatable bonds is 4. The Hall–Kier alpha value is -2.21. The summed E-state index contributed by atoms with van der Waals surface area (Å²) in [6, 6.07) is 5.14. The molecule has 2 aromatic heterocycles. The topological polar surface area (TPSA) is 72.3 Å². The molecule has 0 saturated carbocycles. The van der Waals surface area contributed by atoms with Crippen LogP contribution in [0.5, 0.6) is 11.6 Å². The maximum Gasteiger partial charge on any atom is 0.328 e. The monoisotopic (exact) mass is 320 g/mol. The maximum absolute atomic E-state index is 10.4. The van der Waals surface area contributed by atoms with Crippen LogP contribution >= 0.6 is 15.9 Å². The fraction of sp³-hybridized carbons (Fsp3) is 0. The lowest BCUT2D eigenvalue weighted by atomic mass is 10.2. The fourth-order valence-electron chi connectivity index (χ4n) is 1.29. The molecule has 0 aliphatic heterocycles. The molecule has 0 amide bonds. The number of carboxylic acids is 1. The predicted molar refractivity (Wildman–Crippen MR) is 72.9 cm³/mol. The number of carboxylic acid groups (broad SMARTS) is 1. The van der Waals surface area contributed by atoms with Crippen LogP contribution in [0.25, 0.3) is 6.08 Å². The summed E-state index contributed by atoms with van der Waals surface area (Å²) in [5, 5.41) is 8.51. The Bertz CT molecular complexity index is 612. The van der Waals surface area contributed by atoms with Crippen molar-refractivity contribution in [2.45, 2.75) is 0 Å². The number of ether oxygens (including phenoxy) is 1. The lowest BCUT2D eigenvalue weighted by Gasteiger charge is -2.04. The molecule has 0 saturated heterocycles. The Labute approximate surface area is 117 Å². The van der Waals surface area contributed by atoms with Gasteiger partial charge in [-0.05, 0) is 39.7 Å². The number of hydrogen-bond acceptors (Lipinski definition) is 4. The lowest BCUT2D eigenvalue weighted by Crippen LogP contribution is -1.89. The second kappa shape index (κ2) is 6.10. The Balaban J connectivity index is 2.08. The second-order valence-corrected chi connectivity index (χ2v) is 4.46. The van der Waals surface area contributed by atoms with Gasteiger partial charge in [-0.25, -0.2) is 9.78 Å². The van der Waals surface area contributed by atoms with Gasteiger partial charge in [0.15, 0.2) is 0 Å². The van der Waals surface area contributed by atoms with E-state index in [-0.39, 0.29) is 0 Å². The molecule has 2 rings (SSSR count). The molecule has 2 heterocycles. The highest BCUT2D eigenvalue weighted by atomic mass is 79.9. The van der Waals surface area contributed by atoms with Crippen LogP contribution in [0, 0.1) is 0 Å². The van der Waals surface area contributed by atoms with Gasteiger partial charge in [-0.2, -0.15) is 0 Å². The number of pyridine rings is 2. The van der Waals surface area contributed by atoms with Gasteiger partial charge in [-0.3, -0.25) is 4.98 Å². The summed E-state index contributed by atoms with van der Waals surface area (Å²) in [6.45, 7) is 0. The lowest BCUT2D eigenvalue weighted by molar-refractivity contribution is -0.131. The van der Waals surface area contributed by atoms with Crippen LogP contribution in [-0.2, 0) is 4.79 Å². The van der Waals surface area contributed by atoms with E-state index in [4.69, 9.17) is 9.84 Å². The molecule has 0 bridgehead atoms. The Morgan fingerprint density at radius 3 is 2.79 bits per heavy atom. The van der Waals surface area contributed by atoms with Crippen molar-refractivity contribution < 1.29 is 14.6 Å². The van der Waals surface area contributed by atoms with Crippen molar-refractivity contribution in [3.05, 3.63) is 52.9 Å². The number of halogens is 1. The molecule has 0 aromatic carbocycles. The molecule has 19 heavy (non-hydrogen) atoms. The standard InChI is InChI=1S/C13H9BrN2O3/c14-10-5-11(8-15-7-10)19-12-3-1-9(6-16-12)2-4-13(17)18/h1-8H,(H,17,18)/b4-2+. The van der Waals surface area contributed by atoms with Crippen molar-refractivity contribution in [3.63, 3.8) is 0 Å². The molecular weight excluding hydrogens is 312 g/mol. The highest BCUT2D eigenvalue weighted by Gasteiger charge is 2.00. The average molecular weight is 321 g/mol. The van der Waals surface area contributed by atoms with Crippen molar-refractivity contribution in [1.29, 1.82) is 0 Å². The predicted octanol–water partition coefficient (Wildman–Crippen LogP) is 3.13. The summed E-state index contributed by atoms with van der Waals surface area (Å²) in [4.78, 5) is 18.4. The van der Waals surface area contributed by atoms with E-state index in [1.165, 1.54) is 12.3 Å². The molecular formula is C13H9BrN2O3. The number of nitrogens with zero attached hydrogens (tertiary/aromatic N) is 2. The zero-order valence-electron chi connectivity index (χ0n) is 9.65. The van der Waals surface area contributed by atoms with Crippen molar-refractivity contribution >= 4 is 28.0 Å². The molecule has 1 N–H and O–H groups in total. The average Bonchev–Trinajstić information content (AvgIpc) is 2.38. The van der Waals surface area contributed by atoms with E-state index >= 15 is 0 Å². The second-order valence-electron chi connectivity index (χ2n) is 3.54. The van der Waals surface area contributed by atoms with Crippen LogP contribution < -0.4 is 4.74 Å². The highest BCUT2D eigenvalue weighted by molar-refractivity contribution is 9.10. The minimum absolute atomic E-state index is 0.410. The van der Waals surface area contributed by atoms with E-state index in [9.17, 15) is 4.79 Å². The van der Waals surface area contributed by atoms with Crippen LogP contribution in [0.4, 0.5) is 0 Å². The first-order valence-corrected chi connectivity index (χ1v) is 6.08. The van der Waals surface area contributed by atoms with Crippen LogP contribution in [0.15, 0.2) is 47.3 Å². The molecule has 0 aliphatic carbocycles. The van der Waals surface area contributed by atoms with Gasteiger partial charge in [0.25, 0.3) is 0 Å². The normalized spacial score (nSPS) is 10.6. The molecule has 6 heteroatoms. The smallest absolute Gasteiger partial charge is 0.328 e. The molecule has 0 spiro atoms. The third-order valence-electron chi connectivity index (χ3n) is 2.08. The summed E-state index contributed by atoms with van der Waals surface area (Å²) in [5.41, 5.74) is 0.683. The van der Waals surface area contributed by atoms with Crippen molar-refractivity contribution in [3.8, 4) is 11.6 Å². The summed E-state index contributed by atoms with van der Waals surface area (Å²) >= 11 is 3.29. The zero-order chi connectivity index (χ0) is 13.7. The van der Waals surface area contributed by atoms with Crippen molar-refractivity contribution in [2.75, 3.05) is 0 Å². The Morgan fingerprint density at radius 2 is 2.16 bits per heavy atom. The van der Waals surface area contributed by atoms with Gasteiger partial charge in [0.2, 0.25) is 5.88 Å². The van der Waals surface area contributed by atoms with Gasteiger partial charge in [-0.1, -0.05) is 0 Å². The number of aromatic nitrogens is 2. The Morgan fingerprint density at radius 1 is 1.32 bits per heavy atom. The van der Waals surface area contributed by atoms with Crippen LogP contribution in [-0.4, -0.2) is 21.0 Å². The van der Waals surface area contributed by atoms with Gasteiger partial charge in [0.05, 0.1) is 6.20 Å². The molecule has 0 fully saturated rings. The molecule has 0 atom stereocenters. The number of carbonyl (C=O) groups is 1. The van der Waals surface area contributed by atoms with Gasteiger partial charge >= 0.3 is 5.97 Å². The highest BCUT2D eigenvalue weighted by Crippen LogP contribution is 2.21. The third kappa shape index (κ3) is 4.18. The Kier molecular flexibility index (Phi) is 4.25. The molecule has 0 aliphatic rings. The fourth-order valence-corrected chi connectivity index (χ4v) is 1.63. The zero-order valence-corrected chi connectivity index (χ0v) is 11.2. The van der Waals surface area contributed by atoms with E-state index in [1.807, 2.05) is 0 Å². The largest absolute Gasteiger partial charge is 0.478 e. The van der Waals surface area contributed by atoms with Crippen molar-refractivity contribution in [1.82, 2.24) is 9.97 Å². The summed E-state index contributed by atoms with van der Waals surface area (Å²) in [5.74, 6) is -0.0244. The summed E-state index contributed by atoms with van der Waals surface area (Å²) < 4.78 is 6.31. The minimum atomic E-state index is -1.000. The SMILES string of the molecule is O=C(O)/C=C/c1ccc(Oc2cncc(Br)c2)nc1. The van der Waals surface area contributed by atoms with E-state index in [0.29, 0.717) is 17.2 Å². The van der Waals surface area contributed by atoms with Gasteiger partial charge in [0.1, 0.15) is 5.75 Å². The summed E-state index contributed by atoms with van der Waals surface area (Å²) in [6.07, 6.45) is 7.26. The summed E-state index contributed by atoms with van der Waals surface area (Å²) in [7, 11) is 0. The molecule has 2 aromatic rings. The first kappa shape index (κ1) is 13.2. The maximum atomic E-state index is 10.4. The van der Waals surface area contributed by atoms with Crippen LogP contribution in [0.3, 0.4) is 0 Å². The third-order valence-corrected chi connectivity index (χ3v) is 2.51. The van der Waals surface area contributed by atoms with Gasteiger partial charge in [-0.15, -0.1) is 0 Å². The van der Waals surface area contributed by atoms with E-state index in [1.54, 1.807) is 30.6 Å². The quantitative estimate of drug-likeness (QED) is 0.876. The number of aliphatic carboxylic acids is 1. The molecule has 0 unspecified atom stereocenters. The number of hydrogen-bond donors (Lipinski definition) is 1. The molecule has 0 radical (unpaired) electrons. The van der Waals surface area contributed by atoms with E-state index in [2.05, 4.69) is 25.9 Å². The van der Waals surface area contributed by atoms with Crippen molar-refractivity contribution in [2.24, 2.45) is 0 Å². The minimum Gasteiger partial charge on any atom is -0.478 e. The van der Waals surface area contributed by atoms with Gasteiger partial charge in [0, 0.05) is 29.0 Å². The first-order valence-electron chi connectivity index (χ1n) is 5.29. The van der Waals surface area contributed by atoms with Crippen LogP contribution in [0.1, 0.15) is 5.56 Å². The van der Waals surface area contributed by atoms with Gasteiger partial charge < -0.3 is 9.84 Å². The van der Waals surface area contributed by atoms with E-state index < -0.39 is 5.97 Å².